The fraction of sp³-hybridized carbons (Fsp3) is 0.227. The summed E-state index contributed by atoms with van der Waals surface area (Å²) in [4.78, 5) is 22.0. The Hall–Kier alpha value is -3.45. The minimum Gasteiger partial charge on any atom is -0.376 e. The number of benzene rings is 1. The maximum absolute atomic E-state index is 12.8. The van der Waals surface area contributed by atoms with Crippen molar-refractivity contribution in [3.63, 3.8) is 0 Å². The normalized spacial score (nSPS) is 16.3. The molecule has 1 aromatic carbocycles. The van der Waals surface area contributed by atoms with E-state index in [1.807, 2.05) is 69.9 Å². The summed E-state index contributed by atoms with van der Waals surface area (Å²) < 4.78 is 9.44. The molecule has 1 atom stereocenters. The van der Waals surface area contributed by atoms with Crippen LogP contribution in [0.2, 0.25) is 0 Å². The summed E-state index contributed by atoms with van der Waals surface area (Å²) in [5.41, 5.74) is 2.87. The number of fused-ring (bicyclic) bond motifs is 1. The first-order valence-electron chi connectivity index (χ1n) is 9.76. The van der Waals surface area contributed by atoms with Crippen molar-refractivity contribution >= 4 is 11.4 Å². The van der Waals surface area contributed by atoms with Gasteiger partial charge in [-0.05, 0) is 37.1 Å². The van der Waals surface area contributed by atoms with Gasteiger partial charge in [-0.1, -0.05) is 24.3 Å². The van der Waals surface area contributed by atoms with E-state index < -0.39 is 0 Å². The summed E-state index contributed by atoms with van der Waals surface area (Å²) in [5, 5.41) is 2.96. The lowest BCUT2D eigenvalue weighted by atomic mass is 10.2. The van der Waals surface area contributed by atoms with Gasteiger partial charge < -0.3 is 14.6 Å². The number of ether oxygens (including phenoxy) is 1. The van der Waals surface area contributed by atoms with Gasteiger partial charge in [0.15, 0.2) is 11.5 Å². The molecule has 3 aromatic heterocycles. The predicted octanol–water partition coefficient (Wildman–Crippen LogP) is 3.10. The van der Waals surface area contributed by atoms with Crippen molar-refractivity contribution in [2.45, 2.75) is 18.9 Å². The highest BCUT2D eigenvalue weighted by Crippen LogP contribution is 2.23. The molecule has 1 fully saturated rings. The Kier molecular flexibility index (Phi) is 4.57. The average Bonchev–Trinajstić information content (AvgIpc) is 3.52. The Morgan fingerprint density at radius 2 is 2.03 bits per heavy atom. The number of pyridine rings is 1. The minimum absolute atomic E-state index is 0.0915. The standard InChI is InChI=1S/C22H21N5O2/c28-22(23-13-17-9-6-12-29-17)20-19-10-4-5-11-27(19)21(25-20)18-14-26(15-24-18)16-7-2-1-3-8-16/h1-5,7-8,10-11,14-15,17H,6,9,12-13H2,(H,23,28)/t17-/m1/s1. The van der Waals surface area contributed by atoms with Gasteiger partial charge in [0.25, 0.3) is 5.91 Å². The van der Waals surface area contributed by atoms with E-state index >= 15 is 0 Å². The Morgan fingerprint density at radius 3 is 2.86 bits per heavy atom. The van der Waals surface area contributed by atoms with Crippen molar-refractivity contribution in [2.24, 2.45) is 0 Å². The van der Waals surface area contributed by atoms with Crippen LogP contribution in [0.4, 0.5) is 0 Å². The molecule has 0 unspecified atom stereocenters. The van der Waals surface area contributed by atoms with Crippen molar-refractivity contribution in [3.8, 4) is 17.2 Å². The largest absolute Gasteiger partial charge is 0.376 e. The van der Waals surface area contributed by atoms with Gasteiger partial charge in [-0.25, -0.2) is 9.97 Å². The maximum atomic E-state index is 12.8. The zero-order valence-electron chi connectivity index (χ0n) is 15.9. The van der Waals surface area contributed by atoms with Crippen molar-refractivity contribution < 1.29 is 9.53 Å². The Labute approximate surface area is 168 Å². The first kappa shape index (κ1) is 17.6. The number of imidazole rings is 2. The fourth-order valence-corrected chi connectivity index (χ4v) is 3.66. The highest BCUT2D eigenvalue weighted by Gasteiger charge is 2.22. The number of nitrogens with zero attached hydrogens (tertiary/aromatic N) is 4. The summed E-state index contributed by atoms with van der Waals surface area (Å²) in [6.45, 7) is 1.27. The molecule has 0 bridgehead atoms. The first-order valence-corrected chi connectivity index (χ1v) is 9.76. The highest BCUT2D eigenvalue weighted by molar-refractivity contribution is 6.00. The van der Waals surface area contributed by atoms with Gasteiger partial charge in [-0.15, -0.1) is 0 Å². The Balaban J connectivity index is 1.47. The molecule has 0 saturated carbocycles. The topological polar surface area (TPSA) is 73.4 Å². The van der Waals surface area contributed by atoms with Crippen LogP contribution < -0.4 is 5.32 Å². The van der Waals surface area contributed by atoms with Gasteiger partial charge in [0.2, 0.25) is 0 Å². The lowest BCUT2D eigenvalue weighted by molar-refractivity contribution is 0.0855. The molecule has 29 heavy (non-hydrogen) atoms. The third kappa shape index (κ3) is 3.40. The number of carbonyl (C=O) groups excluding carboxylic acids is 1. The Bertz CT molecular complexity index is 1140. The van der Waals surface area contributed by atoms with Gasteiger partial charge >= 0.3 is 0 Å². The molecule has 1 amide bonds. The summed E-state index contributed by atoms with van der Waals surface area (Å²) in [6.07, 6.45) is 7.69. The maximum Gasteiger partial charge on any atom is 0.272 e. The van der Waals surface area contributed by atoms with Crippen LogP contribution in [0.3, 0.4) is 0 Å². The molecular weight excluding hydrogens is 366 g/mol. The molecule has 1 N–H and O–H groups in total. The predicted molar refractivity (Wildman–Crippen MR) is 109 cm³/mol. The molecule has 1 saturated heterocycles. The lowest BCUT2D eigenvalue weighted by Gasteiger charge is -2.09. The van der Waals surface area contributed by atoms with Crippen LogP contribution in [0.1, 0.15) is 23.3 Å². The van der Waals surface area contributed by atoms with E-state index in [1.54, 1.807) is 6.33 Å². The van der Waals surface area contributed by atoms with Crippen molar-refractivity contribution in [1.29, 1.82) is 0 Å². The molecule has 4 heterocycles. The molecule has 7 heteroatoms. The molecule has 0 aliphatic carbocycles. The summed E-state index contributed by atoms with van der Waals surface area (Å²) in [5.74, 6) is 0.440. The average molecular weight is 387 g/mol. The van der Waals surface area contributed by atoms with Crippen LogP contribution in [0.25, 0.3) is 22.7 Å². The van der Waals surface area contributed by atoms with E-state index in [2.05, 4.69) is 15.3 Å². The quantitative estimate of drug-likeness (QED) is 0.571. The molecule has 0 radical (unpaired) electrons. The van der Waals surface area contributed by atoms with Crippen LogP contribution in [0.15, 0.2) is 67.3 Å². The smallest absolute Gasteiger partial charge is 0.272 e. The summed E-state index contributed by atoms with van der Waals surface area (Å²) in [6, 6.07) is 15.7. The number of amides is 1. The first-order chi connectivity index (χ1) is 14.3. The Morgan fingerprint density at radius 1 is 1.17 bits per heavy atom. The van der Waals surface area contributed by atoms with Crippen LogP contribution in [0, 0.1) is 0 Å². The summed E-state index contributed by atoms with van der Waals surface area (Å²) in [7, 11) is 0. The van der Waals surface area contributed by atoms with Gasteiger partial charge in [-0.3, -0.25) is 9.20 Å². The lowest BCUT2D eigenvalue weighted by Crippen LogP contribution is -2.32. The molecule has 1 aliphatic rings. The third-order valence-corrected chi connectivity index (χ3v) is 5.14. The minimum atomic E-state index is -0.196. The zero-order chi connectivity index (χ0) is 19.6. The van der Waals surface area contributed by atoms with Gasteiger partial charge in [0.1, 0.15) is 12.0 Å². The van der Waals surface area contributed by atoms with Crippen molar-refractivity contribution in [2.75, 3.05) is 13.2 Å². The second-order valence-electron chi connectivity index (χ2n) is 7.09. The van der Waals surface area contributed by atoms with Crippen molar-refractivity contribution in [1.82, 2.24) is 24.3 Å². The van der Waals surface area contributed by atoms with Gasteiger partial charge in [-0.2, -0.15) is 0 Å². The molecule has 7 nitrogen and oxygen atoms in total. The highest BCUT2D eigenvalue weighted by atomic mass is 16.5. The number of aromatic nitrogens is 4. The monoisotopic (exact) mass is 387 g/mol. The molecule has 4 aromatic rings. The summed E-state index contributed by atoms with van der Waals surface area (Å²) >= 11 is 0. The molecule has 0 spiro atoms. The number of rotatable bonds is 5. The van der Waals surface area contributed by atoms with E-state index in [0.29, 0.717) is 23.8 Å². The SMILES string of the molecule is O=C(NC[C@H]1CCCO1)c1nc(-c2cn(-c3ccccc3)cn2)n2ccccc12. The van der Waals surface area contributed by atoms with Crippen LogP contribution in [-0.2, 0) is 4.74 Å². The van der Waals surface area contributed by atoms with E-state index in [-0.39, 0.29) is 12.0 Å². The molecular formula is C22H21N5O2. The number of carbonyl (C=O) groups is 1. The van der Waals surface area contributed by atoms with E-state index in [0.717, 1.165) is 30.7 Å². The second-order valence-corrected chi connectivity index (χ2v) is 7.09. The zero-order valence-corrected chi connectivity index (χ0v) is 15.9. The molecule has 146 valence electrons. The number of para-hydroxylation sites is 1. The second kappa shape index (κ2) is 7.52. The van der Waals surface area contributed by atoms with E-state index in [9.17, 15) is 4.79 Å². The molecule has 1 aliphatic heterocycles. The van der Waals surface area contributed by atoms with Crippen molar-refractivity contribution in [3.05, 3.63) is 72.9 Å². The van der Waals surface area contributed by atoms with Gasteiger partial charge in [0, 0.05) is 31.2 Å². The van der Waals surface area contributed by atoms with Crippen LogP contribution in [0.5, 0.6) is 0 Å². The van der Waals surface area contributed by atoms with E-state index in [1.165, 1.54) is 0 Å². The number of hydrogen-bond acceptors (Lipinski definition) is 4. The van der Waals surface area contributed by atoms with E-state index in [4.69, 9.17) is 4.74 Å². The number of hydrogen-bond donors (Lipinski definition) is 1. The van der Waals surface area contributed by atoms with Gasteiger partial charge in [0.05, 0.1) is 11.6 Å². The number of nitrogens with one attached hydrogen (secondary N) is 1. The van der Waals surface area contributed by atoms with Crippen LogP contribution in [-0.4, -0.2) is 44.1 Å². The fourth-order valence-electron chi connectivity index (χ4n) is 3.66. The molecule has 5 rings (SSSR count). The third-order valence-electron chi connectivity index (χ3n) is 5.14. The van der Waals surface area contributed by atoms with Crippen LogP contribution >= 0.6 is 0 Å².